The van der Waals surface area contributed by atoms with Crippen LogP contribution in [0.25, 0.3) is 77.6 Å². The van der Waals surface area contributed by atoms with Crippen molar-refractivity contribution in [2.45, 2.75) is 0 Å². The van der Waals surface area contributed by atoms with E-state index in [9.17, 15) is 0 Å². The van der Waals surface area contributed by atoms with Crippen molar-refractivity contribution in [1.29, 1.82) is 0 Å². The van der Waals surface area contributed by atoms with Gasteiger partial charge in [0.25, 0.3) is 0 Å². The summed E-state index contributed by atoms with van der Waals surface area (Å²) in [5.74, 6) is 0.667. The number of anilines is 3. The number of rotatable bonds is 7. The van der Waals surface area contributed by atoms with Gasteiger partial charge in [-0.05, 0) is 59.3 Å². The lowest BCUT2D eigenvalue weighted by Crippen LogP contribution is -2.09. The number of hydrogen-bond donors (Lipinski definition) is 0. The van der Waals surface area contributed by atoms with Gasteiger partial charge in [-0.15, -0.1) is 0 Å². The Labute approximate surface area is 319 Å². The van der Waals surface area contributed by atoms with Crippen LogP contribution < -0.4 is 4.90 Å². The summed E-state index contributed by atoms with van der Waals surface area (Å²) in [6.45, 7) is 0. The third kappa shape index (κ3) is 5.96. The molecular weight excluding hydrogens is 669 g/mol. The molecular formula is C51H34N4. The van der Waals surface area contributed by atoms with Crippen LogP contribution in [0.5, 0.6) is 0 Å². The Morgan fingerprint density at radius 2 is 0.891 bits per heavy atom. The molecule has 0 aliphatic heterocycles. The Hall–Kier alpha value is -7.43. The average Bonchev–Trinajstić information content (AvgIpc) is 3.27. The number of nitrogens with zero attached hydrogens (tertiary/aromatic N) is 4. The zero-order chi connectivity index (χ0) is 36.6. The minimum atomic E-state index is 0.667. The van der Waals surface area contributed by atoms with Crippen molar-refractivity contribution in [2.75, 3.05) is 4.90 Å². The summed E-state index contributed by atoms with van der Waals surface area (Å²) >= 11 is 0. The molecule has 0 amide bonds. The van der Waals surface area contributed by atoms with Gasteiger partial charge in [-0.1, -0.05) is 158 Å². The van der Waals surface area contributed by atoms with Crippen molar-refractivity contribution in [3.05, 3.63) is 206 Å². The lowest BCUT2D eigenvalue weighted by Gasteiger charge is -2.25. The monoisotopic (exact) mass is 702 g/mol. The predicted octanol–water partition coefficient (Wildman–Crippen LogP) is 13.5. The van der Waals surface area contributed by atoms with Gasteiger partial charge in [0.2, 0.25) is 0 Å². The van der Waals surface area contributed by atoms with Gasteiger partial charge in [0, 0.05) is 55.5 Å². The van der Waals surface area contributed by atoms with Gasteiger partial charge in [0.1, 0.15) is 0 Å². The predicted molar refractivity (Wildman–Crippen MR) is 229 cm³/mol. The van der Waals surface area contributed by atoms with Gasteiger partial charge in [0.05, 0.1) is 22.6 Å². The van der Waals surface area contributed by atoms with E-state index in [1.165, 1.54) is 10.8 Å². The Morgan fingerprint density at radius 1 is 0.345 bits per heavy atom. The number of benzene rings is 8. The molecule has 10 aromatic rings. The van der Waals surface area contributed by atoms with Crippen molar-refractivity contribution in [3.8, 4) is 45.2 Å². The number of aromatic nitrogens is 3. The highest BCUT2D eigenvalue weighted by Crippen LogP contribution is 2.42. The molecule has 0 fully saturated rings. The first kappa shape index (κ1) is 32.2. The van der Waals surface area contributed by atoms with Crippen LogP contribution in [-0.4, -0.2) is 15.0 Å². The quantitative estimate of drug-likeness (QED) is 0.155. The number of para-hydroxylation sites is 2. The first-order chi connectivity index (χ1) is 27.3. The van der Waals surface area contributed by atoms with Crippen LogP contribution in [0.15, 0.2) is 206 Å². The number of fused-ring (bicyclic) bond motifs is 5. The fourth-order valence-corrected chi connectivity index (χ4v) is 7.67. The van der Waals surface area contributed by atoms with Gasteiger partial charge in [-0.25, -0.2) is 15.0 Å². The van der Waals surface area contributed by atoms with E-state index in [1.54, 1.807) is 0 Å². The van der Waals surface area contributed by atoms with E-state index < -0.39 is 0 Å². The molecule has 0 aliphatic rings. The topological polar surface area (TPSA) is 41.9 Å². The molecule has 8 aromatic carbocycles. The van der Waals surface area contributed by atoms with E-state index in [1.807, 2.05) is 12.1 Å². The Bertz CT molecular complexity index is 2850. The van der Waals surface area contributed by atoms with Crippen molar-refractivity contribution in [2.24, 2.45) is 0 Å². The molecule has 0 atom stereocenters. The molecule has 0 radical (unpaired) electrons. The van der Waals surface area contributed by atoms with Crippen LogP contribution in [0.4, 0.5) is 17.1 Å². The second-order valence-electron chi connectivity index (χ2n) is 13.6. The fraction of sp³-hybridized carbons (Fsp3) is 0. The van der Waals surface area contributed by atoms with E-state index in [-0.39, 0.29) is 0 Å². The maximum atomic E-state index is 5.45. The van der Waals surface area contributed by atoms with Crippen LogP contribution in [0.3, 0.4) is 0 Å². The van der Waals surface area contributed by atoms with Crippen LogP contribution in [0.2, 0.25) is 0 Å². The second kappa shape index (κ2) is 13.8. The van der Waals surface area contributed by atoms with Crippen LogP contribution in [0.1, 0.15) is 0 Å². The van der Waals surface area contributed by atoms with Crippen molar-refractivity contribution in [1.82, 2.24) is 15.0 Å². The van der Waals surface area contributed by atoms with Gasteiger partial charge >= 0.3 is 0 Å². The molecule has 0 saturated heterocycles. The zero-order valence-corrected chi connectivity index (χ0v) is 29.9. The summed E-state index contributed by atoms with van der Waals surface area (Å²) in [6.07, 6.45) is 0. The molecule has 0 saturated carbocycles. The largest absolute Gasteiger partial charge is 0.311 e. The van der Waals surface area contributed by atoms with Gasteiger partial charge in [-0.3, -0.25) is 0 Å². The first-order valence-electron chi connectivity index (χ1n) is 18.5. The Morgan fingerprint density at radius 3 is 1.51 bits per heavy atom. The van der Waals surface area contributed by atoms with E-state index >= 15 is 0 Å². The molecule has 258 valence electrons. The maximum absolute atomic E-state index is 5.45. The third-order valence-corrected chi connectivity index (χ3v) is 10.2. The minimum Gasteiger partial charge on any atom is -0.311 e. The molecule has 4 heteroatoms. The smallest absolute Gasteiger partial charge is 0.161 e. The lowest BCUT2D eigenvalue weighted by atomic mass is 9.92. The fourth-order valence-electron chi connectivity index (χ4n) is 7.67. The molecule has 0 N–H and O–H groups in total. The summed E-state index contributed by atoms with van der Waals surface area (Å²) in [6, 6.07) is 71.9. The molecule has 0 bridgehead atoms. The zero-order valence-electron chi connectivity index (χ0n) is 29.9. The number of hydrogen-bond acceptors (Lipinski definition) is 4. The standard InChI is InChI=1S/C51H34N4/c1-5-17-36(18-6-1)46-34-47(37-19-7-2-8-20-37)54-51(53-46)44-26-15-27-45-49(44)48-42-25-14-13-16-35(42)30-33-43(48)50(52-45)38-28-31-41(32-29-38)55(39-21-9-3-10-22-39)40-23-11-4-12-24-40/h1-34H. The van der Waals surface area contributed by atoms with Crippen molar-refractivity contribution < 1.29 is 0 Å². The molecule has 2 heterocycles. The molecule has 0 unspecified atom stereocenters. The Kier molecular flexibility index (Phi) is 8.12. The highest BCUT2D eigenvalue weighted by molar-refractivity contribution is 6.25. The molecule has 2 aromatic heterocycles. The minimum absolute atomic E-state index is 0.667. The van der Waals surface area contributed by atoms with Gasteiger partial charge < -0.3 is 4.90 Å². The summed E-state index contributed by atoms with van der Waals surface area (Å²) in [5, 5.41) is 5.60. The summed E-state index contributed by atoms with van der Waals surface area (Å²) in [7, 11) is 0. The van der Waals surface area contributed by atoms with E-state index in [0.29, 0.717) is 5.82 Å². The van der Waals surface area contributed by atoms with Gasteiger partial charge in [0.15, 0.2) is 5.82 Å². The molecule has 0 spiro atoms. The highest BCUT2D eigenvalue weighted by atomic mass is 15.1. The van der Waals surface area contributed by atoms with Crippen LogP contribution >= 0.6 is 0 Å². The molecule has 4 nitrogen and oxygen atoms in total. The first-order valence-corrected chi connectivity index (χ1v) is 18.5. The Balaban J connectivity index is 1.19. The summed E-state index contributed by atoms with van der Waals surface area (Å²) < 4.78 is 0. The average molecular weight is 703 g/mol. The second-order valence-corrected chi connectivity index (χ2v) is 13.6. The van der Waals surface area contributed by atoms with Crippen molar-refractivity contribution in [3.63, 3.8) is 0 Å². The van der Waals surface area contributed by atoms with Crippen LogP contribution in [-0.2, 0) is 0 Å². The van der Waals surface area contributed by atoms with E-state index in [0.717, 1.165) is 78.1 Å². The van der Waals surface area contributed by atoms with Gasteiger partial charge in [-0.2, -0.15) is 0 Å². The number of pyridine rings is 1. The SMILES string of the molecule is c1ccc(-c2cc(-c3ccccc3)nc(-c3cccc4nc(-c5ccc(N(c6ccccc6)c6ccccc6)cc5)c5ccc6ccccc6c5c34)n2)cc1. The van der Waals surface area contributed by atoms with Crippen LogP contribution in [0, 0.1) is 0 Å². The summed E-state index contributed by atoms with van der Waals surface area (Å²) in [4.78, 5) is 18.2. The highest BCUT2D eigenvalue weighted by Gasteiger charge is 2.20. The maximum Gasteiger partial charge on any atom is 0.161 e. The molecule has 55 heavy (non-hydrogen) atoms. The lowest BCUT2D eigenvalue weighted by molar-refractivity contribution is 1.19. The third-order valence-electron chi connectivity index (χ3n) is 10.2. The van der Waals surface area contributed by atoms with E-state index in [2.05, 4.69) is 199 Å². The van der Waals surface area contributed by atoms with E-state index in [4.69, 9.17) is 15.0 Å². The normalized spacial score (nSPS) is 11.3. The molecule has 0 aliphatic carbocycles. The van der Waals surface area contributed by atoms with Crippen molar-refractivity contribution >= 4 is 49.5 Å². The summed E-state index contributed by atoms with van der Waals surface area (Å²) in [5.41, 5.74) is 10.9. The molecule has 10 rings (SSSR count).